The van der Waals surface area contributed by atoms with E-state index in [1.807, 2.05) is 0 Å². The maximum atomic E-state index is 11.4. The van der Waals surface area contributed by atoms with Gasteiger partial charge in [0.25, 0.3) is 5.69 Å². The van der Waals surface area contributed by atoms with E-state index < -0.39 is 16.8 Å². The fourth-order valence-corrected chi connectivity index (χ4v) is 1.45. The highest BCUT2D eigenvalue weighted by atomic mass is 16.6. The third kappa shape index (κ3) is 4.90. The summed E-state index contributed by atoms with van der Waals surface area (Å²) in [6.07, 6.45) is 6.07. The van der Waals surface area contributed by atoms with Crippen LogP contribution < -0.4 is 5.73 Å². The molecule has 7 nitrogen and oxygen atoms in total. The molecule has 2 N–H and O–H groups in total. The number of primary amides is 1. The van der Waals surface area contributed by atoms with Gasteiger partial charge in [0, 0.05) is 17.7 Å². The van der Waals surface area contributed by atoms with Crippen LogP contribution in [0.4, 0.5) is 5.69 Å². The number of carbonyl (C=O) groups is 2. The monoisotopic (exact) mass is 290 g/mol. The van der Waals surface area contributed by atoms with E-state index in [9.17, 15) is 19.7 Å². The van der Waals surface area contributed by atoms with Crippen molar-refractivity contribution < 1.29 is 19.2 Å². The van der Waals surface area contributed by atoms with Gasteiger partial charge in [-0.25, -0.2) is 4.79 Å². The lowest BCUT2D eigenvalue weighted by molar-refractivity contribution is -0.385. The quantitative estimate of drug-likeness (QED) is 0.282. The van der Waals surface area contributed by atoms with Crippen molar-refractivity contribution in [2.24, 2.45) is 5.73 Å². The van der Waals surface area contributed by atoms with Crippen LogP contribution in [0, 0.1) is 10.1 Å². The molecule has 110 valence electrons. The molecule has 0 radical (unpaired) electrons. The van der Waals surface area contributed by atoms with Crippen LogP contribution in [-0.2, 0) is 16.1 Å². The first-order valence-corrected chi connectivity index (χ1v) is 5.99. The van der Waals surface area contributed by atoms with Gasteiger partial charge in [-0.1, -0.05) is 18.2 Å². The van der Waals surface area contributed by atoms with E-state index in [1.165, 1.54) is 24.3 Å². The molecule has 0 aliphatic rings. The number of benzene rings is 1. The van der Waals surface area contributed by atoms with E-state index in [4.69, 9.17) is 10.5 Å². The first-order chi connectivity index (χ1) is 9.95. The van der Waals surface area contributed by atoms with Crippen LogP contribution in [0.5, 0.6) is 0 Å². The highest BCUT2D eigenvalue weighted by Gasteiger charge is 2.17. The van der Waals surface area contributed by atoms with Crippen LogP contribution in [0.15, 0.2) is 42.5 Å². The predicted octanol–water partition coefficient (Wildman–Crippen LogP) is 1.87. The molecule has 0 spiro atoms. The van der Waals surface area contributed by atoms with Crippen molar-refractivity contribution in [1.82, 2.24) is 0 Å². The maximum absolute atomic E-state index is 11.4. The Kier molecular flexibility index (Phi) is 5.81. The second-order valence-electron chi connectivity index (χ2n) is 3.96. The molecule has 1 aromatic rings. The van der Waals surface area contributed by atoms with Gasteiger partial charge < -0.3 is 10.5 Å². The highest BCUT2D eigenvalue weighted by Crippen LogP contribution is 2.21. The van der Waals surface area contributed by atoms with Crippen molar-refractivity contribution in [3.63, 3.8) is 0 Å². The number of hydrogen-bond acceptors (Lipinski definition) is 5. The largest absolute Gasteiger partial charge is 0.457 e. The Morgan fingerprint density at radius 2 is 2.10 bits per heavy atom. The standard InChI is InChI=1S/C14H14N2O5/c1-2-3-4-5-13(17)21-9-11-7-6-10(14(15)18)8-12(11)16(19)20/h2-8H,9H2,1H3,(H2,15,18)/b3-2+,5-4+. The first kappa shape index (κ1) is 16.1. The smallest absolute Gasteiger partial charge is 0.331 e. The maximum Gasteiger partial charge on any atom is 0.331 e. The number of allylic oxidation sites excluding steroid dienone is 3. The summed E-state index contributed by atoms with van der Waals surface area (Å²) in [5, 5.41) is 10.9. The zero-order valence-corrected chi connectivity index (χ0v) is 11.3. The zero-order valence-electron chi connectivity index (χ0n) is 11.3. The molecule has 1 rings (SSSR count). The molecule has 0 aliphatic carbocycles. The van der Waals surface area contributed by atoms with Gasteiger partial charge in [-0.2, -0.15) is 0 Å². The normalized spacial score (nSPS) is 10.9. The third-order valence-electron chi connectivity index (χ3n) is 2.47. The minimum Gasteiger partial charge on any atom is -0.457 e. The van der Waals surface area contributed by atoms with Gasteiger partial charge in [0.2, 0.25) is 5.91 Å². The van der Waals surface area contributed by atoms with Crippen molar-refractivity contribution in [2.75, 3.05) is 0 Å². The number of nitrogens with zero attached hydrogens (tertiary/aromatic N) is 1. The SMILES string of the molecule is C/C=C/C=C/C(=O)OCc1ccc(C(N)=O)cc1[N+](=O)[O-]. The lowest BCUT2D eigenvalue weighted by Crippen LogP contribution is -2.12. The number of carbonyl (C=O) groups excluding carboxylic acids is 2. The number of nitro groups is 1. The molecule has 0 bridgehead atoms. The number of nitrogens with two attached hydrogens (primary N) is 1. The topological polar surface area (TPSA) is 113 Å². The Hall–Kier alpha value is -2.96. The van der Waals surface area contributed by atoms with Gasteiger partial charge in [-0.3, -0.25) is 14.9 Å². The molecule has 0 saturated heterocycles. The molecule has 0 aromatic heterocycles. The number of rotatable bonds is 6. The third-order valence-corrected chi connectivity index (χ3v) is 2.47. The molecule has 1 amide bonds. The van der Waals surface area contributed by atoms with E-state index in [0.717, 1.165) is 6.07 Å². The minimum atomic E-state index is -0.768. The summed E-state index contributed by atoms with van der Waals surface area (Å²) in [7, 11) is 0. The molecule has 0 atom stereocenters. The summed E-state index contributed by atoms with van der Waals surface area (Å²) in [5.41, 5.74) is 4.93. The number of nitro benzene ring substituents is 1. The predicted molar refractivity (Wildman–Crippen MR) is 75.4 cm³/mol. The highest BCUT2D eigenvalue weighted by molar-refractivity contribution is 5.93. The average molecular weight is 290 g/mol. The molecule has 0 unspecified atom stereocenters. The number of ether oxygens (including phenoxy) is 1. The molecule has 0 aliphatic heterocycles. The molecule has 0 fully saturated rings. The van der Waals surface area contributed by atoms with Crippen LogP contribution in [0.25, 0.3) is 0 Å². The summed E-state index contributed by atoms with van der Waals surface area (Å²) < 4.78 is 4.89. The summed E-state index contributed by atoms with van der Waals surface area (Å²) in [6, 6.07) is 3.73. The van der Waals surface area contributed by atoms with E-state index >= 15 is 0 Å². The number of hydrogen-bond donors (Lipinski definition) is 1. The summed E-state index contributed by atoms with van der Waals surface area (Å²) >= 11 is 0. The molecule has 1 aromatic carbocycles. The molecule has 7 heteroatoms. The fourth-order valence-electron chi connectivity index (χ4n) is 1.45. The van der Waals surface area contributed by atoms with Crippen LogP contribution >= 0.6 is 0 Å². The summed E-state index contributed by atoms with van der Waals surface area (Å²) in [4.78, 5) is 32.6. The van der Waals surface area contributed by atoms with Crippen LogP contribution in [0.2, 0.25) is 0 Å². The average Bonchev–Trinajstić information content (AvgIpc) is 2.45. The molecule has 0 saturated carbocycles. The molecular formula is C14H14N2O5. The van der Waals surface area contributed by atoms with Gasteiger partial charge in [0.05, 0.1) is 10.5 Å². The molecular weight excluding hydrogens is 276 g/mol. The summed E-state index contributed by atoms with van der Waals surface area (Å²) in [5.74, 6) is -1.39. The zero-order chi connectivity index (χ0) is 15.8. The van der Waals surface area contributed by atoms with Gasteiger partial charge in [0.15, 0.2) is 0 Å². The van der Waals surface area contributed by atoms with Gasteiger partial charge in [-0.15, -0.1) is 0 Å². The van der Waals surface area contributed by atoms with E-state index in [-0.39, 0.29) is 23.4 Å². The van der Waals surface area contributed by atoms with Crippen LogP contribution in [0.3, 0.4) is 0 Å². The first-order valence-electron chi connectivity index (χ1n) is 5.99. The van der Waals surface area contributed by atoms with Gasteiger partial charge >= 0.3 is 5.97 Å². The van der Waals surface area contributed by atoms with Crippen molar-refractivity contribution in [3.05, 3.63) is 63.7 Å². The molecule has 0 heterocycles. The Balaban J connectivity index is 2.86. The molecule has 21 heavy (non-hydrogen) atoms. The Morgan fingerprint density at radius 3 is 2.67 bits per heavy atom. The van der Waals surface area contributed by atoms with Crippen molar-refractivity contribution in [1.29, 1.82) is 0 Å². The fraction of sp³-hybridized carbons (Fsp3) is 0.143. The second kappa shape index (κ2) is 7.59. The van der Waals surface area contributed by atoms with Crippen molar-refractivity contribution in [3.8, 4) is 0 Å². The van der Waals surface area contributed by atoms with E-state index in [2.05, 4.69) is 0 Å². The van der Waals surface area contributed by atoms with Gasteiger partial charge in [-0.05, 0) is 19.1 Å². The Morgan fingerprint density at radius 1 is 1.38 bits per heavy atom. The summed E-state index contributed by atoms with van der Waals surface area (Å²) in [6.45, 7) is 1.52. The van der Waals surface area contributed by atoms with Crippen molar-refractivity contribution >= 4 is 17.6 Å². The van der Waals surface area contributed by atoms with Gasteiger partial charge in [0.1, 0.15) is 6.61 Å². The number of amides is 1. The minimum absolute atomic E-state index is 0.0183. The second-order valence-corrected chi connectivity index (χ2v) is 3.96. The lowest BCUT2D eigenvalue weighted by atomic mass is 10.1. The van der Waals surface area contributed by atoms with Crippen LogP contribution in [-0.4, -0.2) is 16.8 Å². The van der Waals surface area contributed by atoms with E-state index in [1.54, 1.807) is 19.1 Å². The number of esters is 1. The van der Waals surface area contributed by atoms with Crippen molar-refractivity contribution in [2.45, 2.75) is 13.5 Å². The Labute approximate surface area is 120 Å². The van der Waals surface area contributed by atoms with E-state index in [0.29, 0.717) is 0 Å². The Bertz CT molecular complexity index is 620. The lowest BCUT2D eigenvalue weighted by Gasteiger charge is -2.05. The van der Waals surface area contributed by atoms with Crippen LogP contribution in [0.1, 0.15) is 22.8 Å².